The molecule has 0 radical (unpaired) electrons. The lowest BCUT2D eigenvalue weighted by Crippen LogP contribution is -2.10. The molecule has 2 aromatic rings. The van der Waals surface area contributed by atoms with E-state index < -0.39 is 11.7 Å². The maximum Gasteiger partial charge on any atom is 0.248 e. The van der Waals surface area contributed by atoms with Crippen molar-refractivity contribution in [2.75, 3.05) is 0 Å². The van der Waals surface area contributed by atoms with Crippen molar-refractivity contribution in [2.45, 2.75) is 6.61 Å². The summed E-state index contributed by atoms with van der Waals surface area (Å²) >= 11 is 0. The van der Waals surface area contributed by atoms with Gasteiger partial charge in [0.2, 0.25) is 5.91 Å². The zero-order valence-electron chi connectivity index (χ0n) is 10.5. The second-order valence-electron chi connectivity index (χ2n) is 4.07. The Morgan fingerprint density at radius 2 is 1.95 bits per heavy atom. The highest BCUT2D eigenvalue weighted by molar-refractivity contribution is 5.92. The van der Waals surface area contributed by atoms with Crippen LogP contribution in [0.5, 0.6) is 5.75 Å². The molecule has 1 amide bonds. The van der Waals surface area contributed by atoms with Crippen molar-refractivity contribution in [1.82, 2.24) is 0 Å². The zero-order valence-corrected chi connectivity index (χ0v) is 10.5. The first kappa shape index (κ1) is 13.6. The number of primary amides is 1. The van der Waals surface area contributed by atoms with Gasteiger partial charge in [-0.3, -0.25) is 4.79 Å². The number of halogens is 1. The molecule has 0 aliphatic rings. The Bertz CT molecular complexity index is 675. The average Bonchev–Trinajstić information content (AvgIpc) is 2.45. The molecule has 0 atom stereocenters. The molecule has 0 aliphatic carbocycles. The van der Waals surface area contributed by atoms with Crippen molar-refractivity contribution in [3.05, 3.63) is 65.0 Å². The molecule has 100 valence electrons. The Hall–Kier alpha value is -2.87. The normalized spacial score (nSPS) is 9.80. The lowest BCUT2D eigenvalue weighted by atomic mass is 10.1. The molecular formula is C15H11FN2O2. The minimum atomic E-state index is -0.617. The summed E-state index contributed by atoms with van der Waals surface area (Å²) in [6.07, 6.45) is 0. The number of ether oxygens (including phenoxy) is 1. The third-order valence-corrected chi connectivity index (χ3v) is 2.72. The van der Waals surface area contributed by atoms with Gasteiger partial charge in [0, 0.05) is 5.56 Å². The van der Waals surface area contributed by atoms with Crippen molar-refractivity contribution in [3.8, 4) is 11.8 Å². The van der Waals surface area contributed by atoms with Gasteiger partial charge in [-0.25, -0.2) is 4.39 Å². The summed E-state index contributed by atoms with van der Waals surface area (Å²) in [4.78, 5) is 10.9. The van der Waals surface area contributed by atoms with Crippen LogP contribution in [0.4, 0.5) is 4.39 Å². The second kappa shape index (κ2) is 5.85. The van der Waals surface area contributed by atoms with Gasteiger partial charge >= 0.3 is 0 Å². The van der Waals surface area contributed by atoms with Crippen molar-refractivity contribution < 1.29 is 13.9 Å². The average molecular weight is 270 g/mol. The lowest BCUT2D eigenvalue weighted by molar-refractivity contribution is 0.1000. The van der Waals surface area contributed by atoms with Crippen molar-refractivity contribution in [3.63, 3.8) is 0 Å². The van der Waals surface area contributed by atoms with Crippen LogP contribution < -0.4 is 10.5 Å². The number of nitriles is 1. The Morgan fingerprint density at radius 1 is 1.25 bits per heavy atom. The summed E-state index contributed by atoms with van der Waals surface area (Å²) < 4.78 is 18.8. The maximum atomic E-state index is 13.4. The highest BCUT2D eigenvalue weighted by atomic mass is 19.1. The number of rotatable bonds is 4. The third-order valence-electron chi connectivity index (χ3n) is 2.72. The summed E-state index contributed by atoms with van der Waals surface area (Å²) in [6, 6.07) is 12.5. The highest BCUT2D eigenvalue weighted by Crippen LogP contribution is 2.21. The second-order valence-corrected chi connectivity index (χ2v) is 4.07. The Balaban J connectivity index is 2.11. The Labute approximate surface area is 115 Å². The van der Waals surface area contributed by atoms with Gasteiger partial charge in [0.25, 0.3) is 0 Å². The molecule has 0 aliphatic heterocycles. The molecular weight excluding hydrogens is 259 g/mol. The van der Waals surface area contributed by atoms with Crippen LogP contribution in [-0.2, 0) is 6.61 Å². The van der Waals surface area contributed by atoms with E-state index >= 15 is 0 Å². The number of hydrogen-bond acceptors (Lipinski definition) is 3. The van der Waals surface area contributed by atoms with Crippen LogP contribution >= 0.6 is 0 Å². The molecule has 2 rings (SSSR count). The number of nitrogens with zero attached hydrogens (tertiary/aromatic N) is 1. The number of hydrogen-bond donors (Lipinski definition) is 1. The topological polar surface area (TPSA) is 76.1 Å². The van der Waals surface area contributed by atoms with Gasteiger partial charge in [-0.1, -0.05) is 18.2 Å². The first-order chi connectivity index (χ1) is 9.61. The number of carbonyl (C=O) groups is 1. The Morgan fingerprint density at radius 3 is 2.55 bits per heavy atom. The molecule has 2 aromatic carbocycles. The molecule has 4 nitrogen and oxygen atoms in total. The number of amides is 1. The molecule has 0 fully saturated rings. The zero-order chi connectivity index (χ0) is 14.5. The fourth-order valence-corrected chi connectivity index (χ4v) is 1.66. The smallest absolute Gasteiger partial charge is 0.248 e. The predicted molar refractivity (Wildman–Crippen MR) is 70.4 cm³/mol. The van der Waals surface area contributed by atoms with E-state index in [4.69, 9.17) is 15.7 Å². The van der Waals surface area contributed by atoms with Gasteiger partial charge < -0.3 is 10.5 Å². The number of benzene rings is 2. The van der Waals surface area contributed by atoms with E-state index in [0.29, 0.717) is 5.56 Å². The summed E-state index contributed by atoms with van der Waals surface area (Å²) in [5.74, 6) is -0.935. The fourth-order valence-electron chi connectivity index (χ4n) is 1.66. The van der Waals surface area contributed by atoms with E-state index in [-0.39, 0.29) is 17.9 Å². The molecule has 0 aromatic heterocycles. The van der Waals surface area contributed by atoms with Crippen molar-refractivity contribution in [2.24, 2.45) is 5.73 Å². The highest BCUT2D eigenvalue weighted by Gasteiger charge is 2.09. The maximum absolute atomic E-state index is 13.4. The van der Waals surface area contributed by atoms with Gasteiger partial charge in [0.05, 0.1) is 0 Å². The van der Waals surface area contributed by atoms with Crippen LogP contribution in [-0.4, -0.2) is 5.91 Å². The van der Waals surface area contributed by atoms with Crippen LogP contribution in [0.3, 0.4) is 0 Å². The minimum Gasteiger partial charge on any atom is -0.487 e. The summed E-state index contributed by atoms with van der Waals surface area (Å²) in [6.45, 7) is 0.164. The molecule has 20 heavy (non-hydrogen) atoms. The molecule has 0 bridgehead atoms. The summed E-state index contributed by atoms with van der Waals surface area (Å²) in [7, 11) is 0. The lowest BCUT2D eigenvalue weighted by Gasteiger charge is -2.08. The molecule has 0 saturated heterocycles. The van der Waals surface area contributed by atoms with Gasteiger partial charge in [-0.05, 0) is 29.8 Å². The van der Waals surface area contributed by atoms with Crippen LogP contribution in [0.25, 0.3) is 0 Å². The quantitative estimate of drug-likeness (QED) is 0.926. The molecule has 0 heterocycles. The van der Waals surface area contributed by atoms with Gasteiger partial charge in [-0.2, -0.15) is 5.26 Å². The van der Waals surface area contributed by atoms with Crippen molar-refractivity contribution >= 4 is 5.91 Å². The monoisotopic (exact) mass is 270 g/mol. The van der Waals surface area contributed by atoms with E-state index in [2.05, 4.69) is 0 Å². The molecule has 0 saturated carbocycles. The standard InChI is InChI=1S/C15H11FN2O2/c16-13-2-1-3-14(12(13)8-17)20-9-10-4-6-11(7-5-10)15(18)19/h1-7H,9H2,(H2,18,19). The molecule has 5 heteroatoms. The molecule has 2 N–H and O–H groups in total. The minimum absolute atomic E-state index is 0.124. The van der Waals surface area contributed by atoms with Crippen LogP contribution in [0, 0.1) is 17.1 Å². The summed E-state index contributed by atoms with van der Waals surface area (Å²) in [5.41, 5.74) is 6.19. The van der Waals surface area contributed by atoms with Crippen LogP contribution in [0.2, 0.25) is 0 Å². The third kappa shape index (κ3) is 2.93. The SMILES string of the molecule is N#Cc1c(F)cccc1OCc1ccc(C(N)=O)cc1. The number of nitrogens with two attached hydrogens (primary N) is 1. The Kier molecular flexibility index (Phi) is 3.96. The largest absolute Gasteiger partial charge is 0.487 e. The number of carbonyl (C=O) groups excluding carboxylic acids is 1. The fraction of sp³-hybridized carbons (Fsp3) is 0.0667. The summed E-state index contributed by atoms with van der Waals surface area (Å²) in [5, 5.41) is 8.87. The van der Waals surface area contributed by atoms with Crippen molar-refractivity contribution in [1.29, 1.82) is 5.26 Å². The van der Waals surface area contributed by atoms with Crippen LogP contribution in [0.15, 0.2) is 42.5 Å². The molecule has 0 unspecified atom stereocenters. The first-order valence-electron chi connectivity index (χ1n) is 5.82. The van der Waals surface area contributed by atoms with E-state index in [9.17, 15) is 9.18 Å². The van der Waals surface area contributed by atoms with E-state index in [1.54, 1.807) is 30.3 Å². The van der Waals surface area contributed by atoms with E-state index in [1.165, 1.54) is 18.2 Å². The van der Waals surface area contributed by atoms with Gasteiger partial charge in [0.15, 0.2) is 0 Å². The van der Waals surface area contributed by atoms with Gasteiger partial charge in [0.1, 0.15) is 29.8 Å². The van der Waals surface area contributed by atoms with E-state index in [0.717, 1.165) is 5.56 Å². The predicted octanol–water partition coefficient (Wildman–Crippen LogP) is 2.38. The molecule has 0 spiro atoms. The first-order valence-corrected chi connectivity index (χ1v) is 5.82. The van der Waals surface area contributed by atoms with Gasteiger partial charge in [-0.15, -0.1) is 0 Å². The van der Waals surface area contributed by atoms with Crippen LogP contribution in [0.1, 0.15) is 21.5 Å². The van der Waals surface area contributed by atoms with E-state index in [1.807, 2.05) is 0 Å².